The summed E-state index contributed by atoms with van der Waals surface area (Å²) >= 11 is 3.55. The Labute approximate surface area is 127 Å². The Balaban J connectivity index is 2.12. The fraction of sp³-hybridized carbons (Fsp3) is 0.500. The van der Waals surface area contributed by atoms with Gasteiger partial charge in [0.2, 0.25) is 11.8 Å². The number of benzene rings is 1. The second-order valence-electron chi connectivity index (χ2n) is 6.52. The summed E-state index contributed by atoms with van der Waals surface area (Å²) in [7, 11) is 0. The summed E-state index contributed by atoms with van der Waals surface area (Å²) in [5.74, 6) is -0.582. The third-order valence-electron chi connectivity index (χ3n) is 5.28. The van der Waals surface area contributed by atoms with Crippen LogP contribution in [-0.2, 0) is 9.59 Å². The van der Waals surface area contributed by atoms with Gasteiger partial charge in [-0.25, -0.2) is 0 Å². The molecule has 2 amide bonds. The topological polar surface area (TPSA) is 46.2 Å². The molecule has 1 aliphatic heterocycles. The van der Waals surface area contributed by atoms with E-state index in [1.807, 2.05) is 24.3 Å². The number of amides is 2. The number of imide groups is 1. The van der Waals surface area contributed by atoms with Gasteiger partial charge in [-0.05, 0) is 35.3 Å². The van der Waals surface area contributed by atoms with Gasteiger partial charge >= 0.3 is 0 Å². The van der Waals surface area contributed by atoms with Gasteiger partial charge in [-0.1, -0.05) is 48.0 Å². The molecule has 2 aliphatic rings. The molecule has 2 unspecified atom stereocenters. The fourth-order valence-corrected chi connectivity index (χ4v) is 4.01. The molecule has 1 aromatic rings. The standard InChI is InChI=1S/C16H18BrNO2/c1-15(7-8-15)16(2)9-12(19)18-14(20)13(16)10-5-3-4-6-11(10)17/h3-6,13H,7-9H2,1-2H3,(H,18,19,20). The van der Waals surface area contributed by atoms with Crippen LogP contribution < -0.4 is 5.32 Å². The van der Waals surface area contributed by atoms with E-state index in [9.17, 15) is 9.59 Å². The van der Waals surface area contributed by atoms with Gasteiger partial charge in [0, 0.05) is 10.9 Å². The molecule has 1 aromatic carbocycles. The molecule has 1 saturated carbocycles. The zero-order chi connectivity index (χ0) is 14.5. The van der Waals surface area contributed by atoms with E-state index in [1.54, 1.807) is 0 Å². The lowest BCUT2D eigenvalue weighted by molar-refractivity contribution is -0.142. The van der Waals surface area contributed by atoms with Crippen molar-refractivity contribution in [2.24, 2.45) is 10.8 Å². The lowest BCUT2D eigenvalue weighted by Crippen LogP contribution is -2.52. The van der Waals surface area contributed by atoms with Crippen molar-refractivity contribution in [2.75, 3.05) is 0 Å². The van der Waals surface area contributed by atoms with E-state index in [-0.39, 0.29) is 28.6 Å². The molecule has 0 spiro atoms. The quantitative estimate of drug-likeness (QED) is 0.842. The third kappa shape index (κ3) is 1.93. The first-order chi connectivity index (χ1) is 9.37. The lowest BCUT2D eigenvalue weighted by Gasteiger charge is -2.45. The second-order valence-corrected chi connectivity index (χ2v) is 7.38. The van der Waals surface area contributed by atoms with Gasteiger partial charge in [-0.15, -0.1) is 0 Å². The maximum absolute atomic E-state index is 12.5. The van der Waals surface area contributed by atoms with Crippen LogP contribution >= 0.6 is 15.9 Å². The first kappa shape index (κ1) is 13.8. The van der Waals surface area contributed by atoms with Crippen molar-refractivity contribution in [1.82, 2.24) is 5.32 Å². The van der Waals surface area contributed by atoms with Crippen molar-refractivity contribution >= 4 is 27.7 Å². The Morgan fingerprint density at radius 2 is 1.85 bits per heavy atom. The first-order valence-corrected chi connectivity index (χ1v) is 7.75. The minimum Gasteiger partial charge on any atom is -0.296 e. The molecule has 0 aromatic heterocycles. The fourth-order valence-electron chi connectivity index (χ4n) is 3.49. The predicted molar refractivity (Wildman–Crippen MR) is 80.1 cm³/mol. The third-order valence-corrected chi connectivity index (χ3v) is 6.01. The second kappa shape index (κ2) is 4.42. The Hall–Kier alpha value is -1.16. The van der Waals surface area contributed by atoms with Crippen LogP contribution in [0.1, 0.15) is 44.6 Å². The van der Waals surface area contributed by atoms with Crippen molar-refractivity contribution < 1.29 is 9.59 Å². The number of piperidine rings is 1. The molecule has 4 heteroatoms. The molecule has 2 atom stereocenters. The number of rotatable bonds is 2. The molecular formula is C16H18BrNO2. The van der Waals surface area contributed by atoms with E-state index >= 15 is 0 Å². The summed E-state index contributed by atoms with van der Waals surface area (Å²) in [6, 6.07) is 7.82. The number of hydrogen-bond donors (Lipinski definition) is 1. The summed E-state index contributed by atoms with van der Waals surface area (Å²) < 4.78 is 0.935. The maximum Gasteiger partial charge on any atom is 0.234 e. The average Bonchev–Trinajstić information content (AvgIpc) is 3.10. The van der Waals surface area contributed by atoms with Gasteiger partial charge in [-0.3, -0.25) is 14.9 Å². The number of hydrogen-bond acceptors (Lipinski definition) is 2. The molecule has 106 valence electrons. The van der Waals surface area contributed by atoms with Crippen LogP contribution in [0.5, 0.6) is 0 Å². The van der Waals surface area contributed by atoms with Gasteiger partial charge in [0.05, 0.1) is 5.92 Å². The predicted octanol–water partition coefficient (Wildman–Crippen LogP) is 3.39. The van der Waals surface area contributed by atoms with Crippen LogP contribution in [0.4, 0.5) is 0 Å². The molecule has 1 saturated heterocycles. The monoisotopic (exact) mass is 335 g/mol. The van der Waals surface area contributed by atoms with Gasteiger partial charge < -0.3 is 0 Å². The highest BCUT2D eigenvalue weighted by Crippen LogP contribution is 2.66. The summed E-state index contributed by atoms with van der Waals surface area (Å²) in [5.41, 5.74) is 0.754. The van der Waals surface area contributed by atoms with E-state index < -0.39 is 0 Å². The van der Waals surface area contributed by atoms with Gasteiger partial charge in [-0.2, -0.15) is 0 Å². The zero-order valence-corrected chi connectivity index (χ0v) is 13.3. The molecule has 0 bridgehead atoms. The molecule has 3 rings (SSSR count). The molecule has 1 N–H and O–H groups in total. The molecule has 2 fully saturated rings. The van der Waals surface area contributed by atoms with E-state index in [0.717, 1.165) is 22.9 Å². The Kier molecular flexibility index (Phi) is 3.05. The molecular weight excluding hydrogens is 318 g/mol. The van der Waals surface area contributed by atoms with Gasteiger partial charge in [0.25, 0.3) is 0 Å². The number of halogens is 1. The summed E-state index contributed by atoms with van der Waals surface area (Å²) in [5, 5.41) is 2.51. The summed E-state index contributed by atoms with van der Waals surface area (Å²) in [4.78, 5) is 24.4. The van der Waals surface area contributed by atoms with Crippen LogP contribution in [0.3, 0.4) is 0 Å². The largest absolute Gasteiger partial charge is 0.296 e. The first-order valence-electron chi connectivity index (χ1n) is 6.95. The molecule has 1 aliphatic carbocycles. The van der Waals surface area contributed by atoms with Crippen LogP contribution in [0, 0.1) is 10.8 Å². The van der Waals surface area contributed by atoms with E-state index in [4.69, 9.17) is 0 Å². The number of carbonyl (C=O) groups excluding carboxylic acids is 2. The van der Waals surface area contributed by atoms with Crippen LogP contribution in [0.15, 0.2) is 28.7 Å². The molecule has 20 heavy (non-hydrogen) atoms. The minimum absolute atomic E-state index is 0.0837. The Morgan fingerprint density at radius 3 is 2.45 bits per heavy atom. The van der Waals surface area contributed by atoms with Gasteiger partial charge in [0.1, 0.15) is 0 Å². The highest BCUT2D eigenvalue weighted by molar-refractivity contribution is 9.10. The van der Waals surface area contributed by atoms with Crippen molar-refractivity contribution in [3.63, 3.8) is 0 Å². The highest BCUT2D eigenvalue weighted by Gasteiger charge is 2.61. The molecule has 3 nitrogen and oxygen atoms in total. The van der Waals surface area contributed by atoms with Crippen molar-refractivity contribution in [3.8, 4) is 0 Å². The van der Waals surface area contributed by atoms with Crippen molar-refractivity contribution in [2.45, 2.75) is 39.0 Å². The molecule has 1 heterocycles. The minimum atomic E-state index is -0.309. The summed E-state index contributed by atoms with van der Waals surface area (Å²) in [6.45, 7) is 4.30. The average molecular weight is 336 g/mol. The molecule has 0 radical (unpaired) electrons. The van der Waals surface area contributed by atoms with E-state index in [1.165, 1.54) is 0 Å². The number of nitrogens with one attached hydrogen (secondary N) is 1. The van der Waals surface area contributed by atoms with Crippen molar-refractivity contribution in [3.05, 3.63) is 34.3 Å². The van der Waals surface area contributed by atoms with Crippen LogP contribution in [-0.4, -0.2) is 11.8 Å². The Morgan fingerprint density at radius 1 is 1.20 bits per heavy atom. The van der Waals surface area contributed by atoms with Crippen LogP contribution in [0.25, 0.3) is 0 Å². The van der Waals surface area contributed by atoms with E-state index in [2.05, 4.69) is 35.1 Å². The lowest BCUT2D eigenvalue weighted by atomic mass is 9.60. The van der Waals surface area contributed by atoms with Crippen molar-refractivity contribution in [1.29, 1.82) is 0 Å². The van der Waals surface area contributed by atoms with Gasteiger partial charge in [0.15, 0.2) is 0 Å². The zero-order valence-electron chi connectivity index (χ0n) is 11.7. The Bertz CT molecular complexity index is 594. The smallest absolute Gasteiger partial charge is 0.234 e. The van der Waals surface area contributed by atoms with E-state index in [0.29, 0.717) is 6.42 Å². The van der Waals surface area contributed by atoms with Crippen LogP contribution in [0.2, 0.25) is 0 Å². The summed E-state index contributed by atoms with van der Waals surface area (Å²) in [6.07, 6.45) is 2.59. The normalized spacial score (nSPS) is 31.9. The highest BCUT2D eigenvalue weighted by atomic mass is 79.9. The SMILES string of the molecule is CC1(C2(C)CC(=O)NC(=O)C2c2ccccc2Br)CC1. The number of carbonyl (C=O) groups is 2. The maximum atomic E-state index is 12.5.